The Balaban J connectivity index is 1.93. The van der Waals surface area contributed by atoms with Crippen molar-refractivity contribution in [3.63, 3.8) is 0 Å². The van der Waals surface area contributed by atoms with Crippen molar-refractivity contribution in [3.8, 4) is 11.5 Å². The third-order valence-corrected chi connectivity index (χ3v) is 3.96. The van der Waals surface area contributed by atoms with Crippen molar-refractivity contribution >= 4 is 12.6 Å². The van der Waals surface area contributed by atoms with Gasteiger partial charge < -0.3 is 14.4 Å². The summed E-state index contributed by atoms with van der Waals surface area (Å²) >= 11 is 0. The second kappa shape index (κ2) is 5.92. The van der Waals surface area contributed by atoms with Gasteiger partial charge in [-0.05, 0) is 53.2 Å². The Hall–Kier alpha value is -1.78. The summed E-state index contributed by atoms with van der Waals surface area (Å²) in [5.41, 5.74) is 4.24. The molecule has 21 heavy (non-hydrogen) atoms. The molecule has 0 atom stereocenters. The van der Waals surface area contributed by atoms with E-state index in [1.165, 1.54) is 5.56 Å². The lowest BCUT2D eigenvalue weighted by Gasteiger charge is -2.14. The Kier molecular flexibility index (Phi) is 4.00. The molecule has 0 bridgehead atoms. The fraction of sp³-hybridized carbons (Fsp3) is 0.294. The second-order valence-corrected chi connectivity index (χ2v) is 5.23. The molecule has 0 aromatic heterocycles. The lowest BCUT2D eigenvalue weighted by atomic mass is 9.75. The van der Waals surface area contributed by atoms with E-state index in [-0.39, 0.29) is 0 Å². The van der Waals surface area contributed by atoms with Gasteiger partial charge in [0, 0.05) is 0 Å². The molecule has 1 aliphatic heterocycles. The highest BCUT2D eigenvalue weighted by Gasteiger charge is 2.31. The molecule has 1 heterocycles. The molecule has 1 N–H and O–H groups in total. The molecule has 0 unspecified atom stereocenters. The third kappa shape index (κ3) is 2.69. The predicted molar refractivity (Wildman–Crippen MR) is 84.1 cm³/mol. The Bertz CT molecular complexity index is 637. The van der Waals surface area contributed by atoms with Crippen LogP contribution in [0.3, 0.4) is 0 Å². The smallest absolute Gasteiger partial charge is 0.457 e. The van der Waals surface area contributed by atoms with Crippen molar-refractivity contribution in [2.75, 3.05) is 0 Å². The first-order valence-corrected chi connectivity index (χ1v) is 7.44. The monoisotopic (exact) mass is 282 g/mol. The van der Waals surface area contributed by atoms with E-state index < -0.39 is 7.12 Å². The van der Waals surface area contributed by atoms with Crippen LogP contribution >= 0.6 is 0 Å². The Labute approximate surface area is 125 Å². The Morgan fingerprint density at radius 2 is 1.86 bits per heavy atom. The molecule has 0 amide bonds. The maximum absolute atomic E-state index is 9.97. The fourth-order valence-corrected chi connectivity index (χ4v) is 2.76. The van der Waals surface area contributed by atoms with E-state index in [0.717, 1.165) is 40.9 Å². The SMILES string of the molecule is CCc1ccc(Oc2ccc3c(c2CC)B(O)OC3)cc1. The summed E-state index contributed by atoms with van der Waals surface area (Å²) in [5.74, 6) is 1.61. The van der Waals surface area contributed by atoms with E-state index in [0.29, 0.717) is 6.61 Å². The molecule has 1 aliphatic rings. The number of ether oxygens (including phenoxy) is 1. The summed E-state index contributed by atoms with van der Waals surface area (Å²) in [7, 11) is -0.832. The first-order valence-electron chi connectivity index (χ1n) is 7.44. The molecule has 0 aliphatic carbocycles. The van der Waals surface area contributed by atoms with Crippen LogP contribution < -0.4 is 10.2 Å². The topological polar surface area (TPSA) is 38.7 Å². The number of hydrogen-bond donors (Lipinski definition) is 1. The Morgan fingerprint density at radius 1 is 1.10 bits per heavy atom. The van der Waals surface area contributed by atoms with Crippen molar-refractivity contribution in [3.05, 3.63) is 53.1 Å². The summed E-state index contributed by atoms with van der Waals surface area (Å²) < 4.78 is 11.3. The van der Waals surface area contributed by atoms with Crippen LogP contribution in [-0.4, -0.2) is 12.1 Å². The number of hydrogen-bond acceptors (Lipinski definition) is 3. The van der Waals surface area contributed by atoms with Gasteiger partial charge in [-0.15, -0.1) is 0 Å². The van der Waals surface area contributed by atoms with Gasteiger partial charge in [0.15, 0.2) is 0 Å². The van der Waals surface area contributed by atoms with E-state index in [9.17, 15) is 5.02 Å². The highest BCUT2D eigenvalue weighted by atomic mass is 16.5. The molecule has 0 spiro atoms. The van der Waals surface area contributed by atoms with Gasteiger partial charge in [-0.2, -0.15) is 0 Å². The minimum absolute atomic E-state index is 0.467. The lowest BCUT2D eigenvalue weighted by Crippen LogP contribution is -2.31. The van der Waals surface area contributed by atoms with Crippen molar-refractivity contribution in [2.24, 2.45) is 0 Å². The highest BCUT2D eigenvalue weighted by molar-refractivity contribution is 6.62. The molecule has 4 heteroatoms. The molecule has 0 fully saturated rings. The lowest BCUT2D eigenvalue weighted by molar-refractivity contribution is 0.275. The number of rotatable bonds is 4. The van der Waals surface area contributed by atoms with Gasteiger partial charge in [-0.1, -0.05) is 32.0 Å². The van der Waals surface area contributed by atoms with E-state index in [2.05, 4.69) is 26.0 Å². The molecular weight excluding hydrogens is 263 g/mol. The van der Waals surface area contributed by atoms with Crippen LogP contribution in [0.4, 0.5) is 0 Å². The van der Waals surface area contributed by atoms with Gasteiger partial charge in [0.2, 0.25) is 0 Å². The first-order chi connectivity index (χ1) is 10.2. The zero-order valence-corrected chi connectivity index (χ0v) is 12.4. The summed E-state index contributed by atoms with van der Waals surface area (Å²) in [5, 5.41) is 9.97. The number of aryl methyl sites for hydroxylation is 1. The van der Waals surface area contributed by atoms with Crippen LogP contribution in [0.15, 0.2) is 36.4 Å². The first kappa shape index (κ1) is 14.2. The van der Waals surface area contributed by atoms with Gasteiger partial charge in [0.05, 0.1) is 6.61 Å². The molecule has 2 aromatic rings. The molecule has 3 nitrogen and oxygen atoms in total. The molecule has 0 saturated carbocycles. The van der Waals surface area contributed by atoms with Crippen LogP contribution in [0.25, 0.3) is 0 Å². The fourth-order valence-electron chi connectivity index (χ4n) is 2.76. The van der Waals surface area contributed by atoms with Crippen molar-refractivity contribution in [1.29, 1.82) is 0 Å². The van der Waals surface area contributed by atoms with E-state index in [4.69, 9.17) is 9.39 Å². The molecule has 0 saturated heterocycles. The number of fused-ring (bicyclic) bond motifs is 1. The Morgan fingerprint density at radius 3 is 2.52 bits per heavy atom. The molecule has 2 aromatic carbocycles. The normalized spacial score (nSPS) is 13.4. The van der Waals surface area contributed by atoms with Gasteiger partial charge in [0.25, 0.3) is 0 Å². The van der Waals surface area contributed by atoms with Gasteiger partial charge in [-0.3, -0.25) is 0 Å². The van der Waals surface area contributed by atoms with E-state index >= 15 is 0 Å². The van der Waals surface area contributed by atoms with Gasteiger partial charge in [-0.25, -0.2) is 0 Å². The third-order valence-electron chi connectivity index (χ3n) is 3.96. The molecule has 108 valence electrons. The molecular formula is C17H19BO3. The predicted octanol–water partition coefficient (Wildman–Crippen LogP) is 2.82. The maximum atomic E-state index is 9.97. The quantitative estimate of drug-likeness (QED) is 0.876. The zero-order valence-electron chi connectivity index (χ0n) is 12.4. The standard InChI is InChI=1S/C17H19BO3/c1-3-12-5-8-14(9-6-12)21-16-10-7-13-11-20-18(19)17(13)15(16)4-2/h5-10,19H,3-4,11H2,1-2H3. The summed E-state index contributed by atoms with van der Waals surface area (Å²) in [4.78, 5) is 0. The van der Waals surface area contributed by atoms with Crippen LogP contribution in [0, 0.1) is 0 Å². The number of benzene rings is 2. The minimum Gasteiger partial charge on any atom is -0.457 e. The second-order valence-electron chi connectivity index (χ2n) is 5.23. The maximum Gasteiger partial charge on any atom is 0.492 e. The summed E-state index contributed by atoms with van der Waals surface area (Å²) in [6, 6.07) is 12.1. The van der Waals surface area contributed by atoms with Crippen LogP contribution in [0.5, 0.6) is 11.5 Å². The van der Waals surface area contributed by atoms with E-state index in [1.54, 1.807) is 0 Å². The van der Waals surface area contributed by atoms with E-state index in [1.807, 2.05) is 24.3 Å². The van der Waals surface area contributed by atoms with Crippen LogP contribution in [0.2, 0.25) is 0 Å². The minimum atomic E-state index is -0.832. The molecule has 0 radical (unpaired) electrons. The van der Waals surface area contributed by atoms with Crippen LogP contribution in [0.1, 0.15) is 30.5 Å². The van der Waals surface area contributed by atoms with Crippen molar-refractivity contribution in [2.45, 2.75) is 33.3 Å². The van der Waals surface area contributed by atoms with Crippen molar-refractivity contribution < 1.29 is 14.4 Å². The highest BCUT2D eigenvalue weighted by Crippen LogP contribution is 2.28. The zero-order chi connectivity index (χ0) is 14.8. The van der Waals surface area contributed by atoms with Gasteiger partial charge >= 0.3 is 7.12 Å². The summed E-state index contributed by atoms with van der Waals surface area (Å²) in [6.45, 7) is 4.66. The van der Waals surface area contributed by atoms with Crippen LogP contribution in [-0.2, 0) is 24.1 Å². The average Bonchev–Trinajstić information content (AvgIpc) is 2.90. The van der Waals surface area contributed by atoms with Gasteiger partial charge in [0.1, 0.15) is 11.5 Å². The molecule has 3 rings (SSSR count). The van der Waals surface area contributed by atoms with Crippen molar-refractivity contribution in [1.82, 2.24) is 0 Å². The summed E-state index contributed by atoms with van der Waals surface area (Å²) in [6.07, 6.45) is 1.81. The average molecular weight is 282 g/mol. The largest absolute Gasteiger partial charge is 0.492 e.